The average Bonchev–Trinajstić information content (AvgIpc) is 3.09. The molecule has 1 amide bonds. The van der Waals surface area contributed by atoms with Gasteiger partial charge in [0.2, 0.25) is 5.91 Å². The molecule has 3 aromatic rings. The minimum absolute atomic E-state index is 0.0202. The number of hydrogen-bond donors (Lipinski definition) is 0. The lowest BCUT2D eigenvalue weighted by Gasteiger charge is -2.39. The summed E-state index contributed by atoms with van der Waals surface area (Å²) in [4.78, 5) is 33.1. The maximum absolute atomic E-state index is 13.2. The number of aromatic nitrogens is 2. The number of likely N-dealkylation sites (tertiary alicyclic amines) is 1. The molecule has 2 aromatic heterocycles. The van der Waals surface area contributed by atoms with Crippen molar-refractivity contribution in [2.75, 3.05) is 0 Å². The Bertz CT molecular complexity index is 1060. The van der Waals surface area contributed by atoms with Crippen molar-refractivity contribution in [2.24, 2.45) is 0 Å². The lowest BCUT2D eigenvalue weighted by Crippen LogP contribution is -2.49. The van der Waals surface area contributed by atoms with Crippen LogP contribution in [0.5, 0.6) is 0 Å². The highest BCUT2D eigenvalue weighted by Crippen LogP contribution is 2.31. The fourth-order valence-corrected chi connectivity index (χ4v) is 5.09. The van der Waals surface area contributed by atoms with Crippen LogP contribution in [0.2, 0.25) is 5.02 Å². The van der Waals surface area contributed by atoms with Crippen molar-refractivity contribution >= 4 is 39.1 Å². The summed E-state index contributed by atoms with van der Waals surface area (Å²) in [7, 11) is 0. The second kappa shape index (κ2) is 7.68. The van der Waals surface area contributed by atoms with Gasteiger partial charge in [-0.25, -0.2) is 4.98 Å². The first-order valence-electron chi connectivity index (χ1n) is 9.49. The van der Waals surface area contributed by atoms with Crippen LogP contribution < -0.4 is 5.56 Å². The fourth-order valence-electron chi connectivity index (χ4n) is 4.06. The Labute approximate surface area is 172 Å². The van der Waals surface area contributed by atoms with E-state index in [9.17, 15) is 9.59 Å². The molecule has 1 aromatic carbocycles. The van der Waals surface area contributed by atoms with Gasteiger partial charge in [0.25, 0.3) is 5.56 Å². The molecule has 0 aliphatic carbocycles. The Morgan fingerprint density at radius 3 is 2.57 bits per heavy atom. The van der Waals surface area contributed by atoms with Crippen LogP contribution in [0.25, 0.3) is 21.3 Å². The lowest BCUT2D eigenvalue weighted by molar-refractivity contribution is -0.138. The molecule has 0 saturated carbocycles. The zero-order chi connectivity index (χ0) is 19.8. The number of piperidine rings is 1. The van der Waals surface area contributed by atoms with Gasteiger partial charge in [0, 0.05) is 28.0 Å². The summed E-state index contributed by atoms with van der Waals surface area (Å²) in [6, 6.07) is 7.80. The summed E-state index contributed by atoms with van der Waals surface area (Å²) >= 11 is 7.42. The zero-order valence-corrected chi connectivity index (χ0v) is 17.5. The number of hydrogen-bond acceptors (Lipinski definition) is 4. The second-order valence-corrected chi connectivity index (χ2v) is 8.74. The maximum Gasteiger partial charge on any atom is 0.263 e. The Kier molecular flexibility index (Phi) is 5.25. The topological polar surface area (TPSA) is 55.2 Å². The number of rotatable bonds is 3. The zero-order valence-electron chi connectivity index (χ0n) is 15.9. The predicted molar refractivity (Wildman–Crippen MR) is 114 cm³/mol. The Balaban J connectivity index is 1.70. The van der Waals surface area contributed by atoms with Gasteiger partial charge in [-0.1, -0.05) is 23.7 Å². The monoisotopic (exact) mass is 415 g/mol. The highest BCUT2D eigenvalue weighted by Gasteiger charge is 2.29. The molecule has 3 heterocycles. The number of thiophene rings is 1. The first-order chi connectivity index (χ1) is 13.5. The summed E-state index contributed by atoms with van der Waals surface area (Å²) in [6.07, 6.45) is 4.64. The molecule has 4 rings (SSSR count). The highest BCUT2D eigenvalue weighted by atomic mass is 35.5. The average molecular weight is 416 g/mol. The number of fused-ring (bicyclic) bond motifs is 1. The Morgan fingerprint density at radius 1 is 1.21 bits per heavy atom. The standard InChI is InChI=1S/C21H22ClN3O2S/c1-13-4-3-5-14(2)25(13)18(26)10-24-12-23-20-19(21(24)27)17(11-28-20)15-6-8-16(22)9-7-15/h6-9,11-14H,3-5,10H2,1-2H3/t13-,14-/m1/s1. The van der Waals surface area contributed by atoms with Gasteiger partial charge in [0.15, 0.2) is 0 Å². The number of carbonyl (C=O) groups excluding carboxylic acids is 1. The quantitative estimate of drug-likeness (QED) is 0.629. The van der Waals surface area contributed by atoms with Gasteiger partial charge in [-0.3, -0.25) is 14.2 Å². The second-order valence-electron chi connectivity index (χ2n) is 7.44. The van der Waals surface area contributed by atoms with Crippen LogP contribution in [0.4, 0.5) is 0 Å². The van der Waals surface area contributed by atoms with Crippen molar-refractivity contribution in [3.05, 3.63) is 51.3 Å². The molecule has 0 unspecified atom stereocenters. The summed E-state index contributed by atoms with van der Waals surface area (Å²) in [5.74, 6) is -0.0220. The smallest absolute Gasteiger partial charge is 0.263 e. The van der Waals surface area contributed by atoms with Crippen molar-refractivity contribution in [1.82, 2.24) is 14.5 Å². The fraction of sp³-hybridized carbons (Fsp3) is 0.381. The maximum atomic E-state index is 13.2. The van der Waals surface area contributed by atoms with Gasteiger partial charge >= 0.3 is 0 Å². The molecule has 1 fully saturated rings. The molecule has 0 spiro atoms. The summed E-state index contributed by atoms with van der Waals surface area (Å²) in [5.41, 5.74) is 1.56. The number of carbonyl (C=O) groups is 1. The third-order valence-electron chi connectivity index (χ3n) is 5.50. The molecular formula is C21H22ClN3O2S. The summed E-state index contributed by atoms with van der Waals surface area (Å²) in [6.45, 7) is 4.18. The van der Waals surface area contributed by atoms with Crippen LogP contribution in [-0.4, -0.2) is 32.4 Å². The van der Waals surface area contributed by atoms with Gasteiger partial charge in [0.1, 0.15) is 11.4 Å². The number of halogens is 1. The molecule has 0 radical (unpaired) electrons. The van der Waals surface area contributed by atoms with Crippen molar-refractivity contribution in [3.8, 4) is 11.1 Å². The van der Waals surface area contributed by atoms with Crippen molar-refractivity contribution in [3.63, 3.8) is 0 Å². The molecular weight excluding hydrogens is 394 g/mol. The molecule has 0 N–H and O–H groups in total. The molecule has 1 saturated heterocycles. The minimum atomic E-state index is -0.179. The third kappa shape index (κ3) is 3.47. The highest BCUT2D eigenvalue weighted by molar-refractivity contribution is 7.17. The largest absolute Gasteiger partial charge is 0.336 e. The van der Waals surface area contributed by atoms with Crippen LogP contribution in [0, 0.1) is 0 Å². The molecule has 0 bridgehead atoms. The van der Waals surface area contributed by atoms with E-state index < -0.39 is 0 Å². The first-order valence-corrected chi connectivity index (χ1v) is 10.7. The van der Waals surface area contributed by atoms with E-state index in [0.717, 1.165) is 30.4 Å². The molecule has 5 nitrogen and oxygen atoms in total. The van der Waals surface area contributed by atoms with Crippen molar-refractivity contribution in [1.29, 1.82) is 0 Å². The van der Waals surface area contributed by atoms with Crippen LogP contribution in [0.15, 0.2) is 40.8 Å². The van der Waals surface area contributed by atoms with E-state index in [4.69, 9.17) is 11.6 Å². The van der Waals surface area contributed by atoms with E-state index in [1.54, 1.807) is 12.1 Å². The van der Waals surface area contributed by atoms with Gasteiger partial charge in [-0.05, 0) is 50.8 Å². The van der Waals surface area contributed by atoms with Gasteiger partial charge in [-0.2, -0.15) is 0 Å². The Morgan fingerprint density at radius 2 is 1.89 bits per heavy atom. The molecule has 7 heteroatoms. The van der Waals surface area contributed by atoms with E-state index in [1.165, 1.54) is 22.2 Å². The van der Waals surface area contributed by atoms with Crippen molar-refractivity contribution < 1.29 is 4.79 Å². The van der Waals surface area contributed by atoms with Crippen LogP contribution in [0.3, 0.4) is 0 Å². The van der Waals surface area contributed by atoms with Crippen LogP contribution in [0.1, 0.15) is 33.1 Å². The van der Waals surface area contributed by atoms with Crippen molar-refractivity contribution in [2.45, 2.75) is 51.7 Å². The van der Waals surface area contributed by atoms with E-state index in [1.807, 2.05) is 22.4 Å². The molecule has 28 heavy (non-hydrogen) atoms. The number of amides is 1. The van der Waals surface area contributed by atoms with Crippen LogP contribution in [-0.2, 0) is 11.3 Å². The SMILES string of the molecule is C[C@@H]1CCC[C@@H](C)N1C(=O)Cn1cnc2scc(-c3ccc(Cl)cc3)c2c1=O. The predicted octanol–water partition coefficient (Wildman–Crippen LogP) is 4.57. The molecule has 146 valence electrons. The van der Waals surface area contributed by atoms with Crippen LogP contribution >= 0.6 is 22.9 Å². The van der Waals surface area contributed by atoms with E-state index in [2.05, 4.69) is 18.8 Å². The van der Waals surface area contributed by atoms with E-state index in [0.29, 0.717) is 15.2 Å². The minimum Gasteiger partial charge on any atom is -0.336 e. The first kappa shape index (κ1) is 19.2. The molecule has 2 atom stereocenters. The summed E-state index contributed by atoms with van der Waals surface area (Å²) < 4.78 is 1.44. The van der Waals surface area contributed by atoms with Gasteiger partial charge in [0.05, 0.1) is 11.7 Å². The third-order valence-corrected chi connectivity index (χ3v) is 6.64. The molecule has 1 aliphatic heterocycles. The Hall–Kier alpha value is -2.18. The van der Waals surface area contributed by atoms with Gasteiger partial charge < -0.3 is 4.90 Å². The normalized spacial score (nSPS) is 19.9. The molecule has 1 aliphatic rings. The number of benzene rings is 1. The summed E-state index contributed by atoms with van der Waals surface area (Å²) in [5, 5.41) is 3.14. The number of nitrogens with zero attached hydrogens (tertiary/aromatic N) is 3. The van der Waals surface area contributed by atoms with E-state index in [-0.39, 0.29) is 30.1 Å². The van der Waals surface area contributed by atoms with Gasteiger partial charge in [-0.15, -0.1) is 11.3 Å². The lowest BCUT2D eigenvalue weighted by atomic mass is 9.97. The van der Waals surface area contributed by atoms with E-state index >= 15 is 0 Å².